The molecule has 0 amide bonds. The number of ether oxygens (including phenoxy) is 1. The standard InChI is InChI=1S/C10H17BrN4O/c1-3-15(4-2)5-6-16-10-13-8(11)7-9(12)14-10/h7H,3-6H2,1-2H3,(H2,12,13,14). The van der Waals surface area contributed by atoms with E-state index in [0.29, 0.717) is 23.0 Å². The molecule has 1 aromatic rings. The first-order valence-corrected chi connectivity index (χ1v) is 6.10. The summed E-state index contributed by atoms with van der Waals surface area (Å²) in [6.45, 7) is 7.71. The number of nitrogens with zero attached hydrogens (tertiary/aromatic N) is 3. The van der Waals surface area contributed by atoms with E-state index in [1.54, 1.807) is 6.07 Å². The molecule has 0 saturated heterocycles. The number of nitrogens with two attached hydrogens (primary N) is 1. The number of likely N-dealkylation sites (N-methyl/N-ethyl adjacent to an activating group) is 1. The zero-order valence-corrected chi connectivity index (χ0v) is 11.2. The quantitative estimate of drug-likeness (QED) is 0.805. The molecule has 0 fully saturated rings. The molecule has 1 aromatic heterocycles. The van der Waals surface area contributed by atoms with Crippen molar-refractivity contribution in [2.24, 2.45) is 0 Å². The largest absolute Gasteiger partial charge is 0.462 e. The van der Waals surface area contributed by atoms with E-state index < -0.39 is 0 Å². The van der Waals surface area contributed by atoms with Crippen LogP contribution in [0.15, 0.2) is 10.7 Å². The van der Waals surface area contributed by atoms with E-state index in [2.05, 4.69) is 44.6 Å². The van der Waals surface area contributed by atoms with Gasteiger partial charge in [0.25, 0.3) is 0 Å². The van der Waals surface area contributed by atoms with Crippen LogP contribution in [-0.2, 0) is 0 Å². The van der Waals surface area contributed by atoms with Crippen molar-refractivity contribution in [1.82, 2.24) is 14.9 Å². The fraction of sp³-hybridized carbons (Fsp3) is 0.600. The lowest BCUT2D eigenvalue weighted by Gasteiger charge is -2.17. The Bertz CT molecular complexity index is 310. The van der Waals surface area contributed by atoms with Crippen LogP contribution >= 0.6 is 15.9 Å². The molecule has 0 unspecified atom stereocenters. The van der Waals surface area contributed by atoms with Gasteiger partial charge in [-0.1, -0.05) is 13.8 Å². The molecule has 1 rings (SSSR count). The Balaban J connectivity index is 2.42. The van der Waals surface area contributed by atoms with E-state index in [1.165, 1.54) is 0 Å². The van der Waals surface area contributed by atoms with E-state index in [9.17, 15) is 0 Å². The van der Waals surface area contributed by atoms with Crippen LogP contribution in [0.25, 0.3) is 0 Å². The summed E-state index contributed by atoms with van der Waals surface area (Å²) in [7, 11) is 0. The van der Waals surface area contributed by atoms with Crippen LogP contribution in [0.5, 0.6) is 6.01 Å². The molecular formula is C10H17BrN4O. The zero-order chi connectivity index (χ0) is 12.0. The summed E-state index contributed by atoms with van der Waals surface area (Å²) in [5.41, 5.74) is 5.57. The maximum absolute atomic E-state index is 5.57. The Labute approximate surface area is 104 Å². The fourth-order valence-corrected chi connectivity index (χ4v) is 1.67. The van der Waals surface area contributed by atoms with E-state index in [4.69, 9.17) is 10.5 Å². The van der Waals surface area contributed by atoms with Crippen molar-refractivity contribution in [3.63, 3.8) is 0 Å². The molecule has 16 heavy (non-hydrogen) atoms. The third-order valence-corrected chi connectivity index (χ3v) is 2.63. The molecule has 0 aliphatic rings. The number of anilines is 1. The first-order valence-electron chi connectivity index (χ1n) is 5.31. The summed E-state index contributed by atoms with van der Waals surface area (Å²) < 4.78 is 6.06. The molecule has 5 nitrogen and oxygen atoms in total. The molecule has 0 spiro atoms. The zero-order valence-electron chi connectivity index (χ0n) is 9.61. The Hall–Kier alpha value is -0.880. The highest BCUT2D eigenvalue weighted by Crippen LogP contribution is 2.13. The minimum absolute atomic E-state index is 0.319. The van der Waals surface area contributed by atoms with Crippen LogP contribution in [0.4, 0.5) is 5.82 Å². The van der Waals surface area contributed by atoms with Crippen molar-refractivity contribution in [2.75, 3.05) is 32.0 Å². The van der Waals surface area contributed by atoms with Crippen molar-refractivity contribution in [3.05, 3.63) is 10.7 Å². The van der Waals surface area contributed by atoms with Gasteiger partial charge < -0.3 is 15.4 Å². The van der Waals surface area contributed by atoms with Crippen LogP contribution in [0.2, 0.25) is 0 Å². The molecule has 0 aromatic carbocycles. The topological polar surface area (TPSA) is 64.3 Å². The van der Waals surface area contributed by atoms with Gasteiger partial charge in [-0.05, 0) is 29.0 Å². The summed E-state index contributed by atoms with van der Waals surface area (Å²) in [6.07, 6.45) is 0. The molecule has 0 radical (unpaired) electrons. The van der Waals surface area contributed by atoms with Gasteiger partial charge in [0.1, 0.15) is 17.0 Å². The summed E-state index contributed by atoms with van der Waals surface area (Å²) >= 11 is 3.24. The van der Waals surface area contributed by atoms with Gasteiger partial charge in [0.05, 0.1) is 0 Å². The molecule has 2 N–H and O–H groups in total. The van der Waals surface area contributed by atoms with E-state index in [-0.39, 0.29) is 0 Å². The molecule has 0 bridgehead atoms. The lowest BCUT2D eigenvalue weighted by atomic mass is 10.5. The van der Waals surface area contributed by atoms with Crippen LogP contribution in [0.1, 0.15) is 13.8 Å². The number of nitrogen functional groups attached to an aromatic ring is 1. The molecule has 1 heterocycles. The molecular weight excluding hydrogens is 272 g/mol. The summed E-state index contributed by atoms with van der Waals surface area (Å²) in [5, 5.41) is 0. The monoisotopic (exact) mass is 288 g/mol. The van der Waals surface area contributed by atoms with Gasteiger partial charge in [-0.2, -0.15) is 9.97 Å². The lowest BCUT2D eigenvalue weighted by molar-refractivity contribution is 0.212. The Morgan fingerprint density at radius 1 is 1.38 bits per heavy atom. The van der Waals surface area contributed by atoms with Crippen LogP contribution < -0.4 is 10.5 Å². The molecule has 0 saturated carbocycles. The van der Waals surface area contributed by atoms with Gasteiger partial charge >= 0.3 is 6.01 Å². The number of hydrogen-bond donors (Lipinski definition) is 1. The number of hydrogen-bond acceptors (Lipinski definition) is 5. The minimum Gasteiger partial charge on any atom is -0.462 e. The second kappa shape index (κ2) is 6.65. The molecule has 6 heteroatoms. The van der Waals surface area contributed by atoms with E-state index in [0.717, 1.165) is 19.6 Å². The summed E-state index contributed by atoms with van der Waals surface area (Å²) in [5.74, 6) is 0.403. The number of rotatable bonds is 6. The SMILES string of the molecule is CCN(CC)CCOc1nc(N)cc(Br)n1. The van der Waals surface area contributed by atoms with Crippen molar-refractivity contribution in [3.8, 4) is 6.01 Å². The maximum atomic E-state index is 5.57. The first-order chi connectivity index (χ1) is 7.65. The van der Waals surface area contributed by atoms with Crippen molar-refractivity contribution >= 4 is 21.7 Å². The van der Waals surface area contributed by atoms with Crippen LogP contribution in [0, 0.1) is 0 Å². The van der Waals surface area contributed by atoms with E-state index >= 15 is 0 Å². The van der Waals surface area contributed by atoms with Gasteiger partial charge in [-0.15, -0.1) is 0 Å². The average Bonchev–Trinajstić information content (AvgIpc) is 2.23. The fourth-order valence-electron chi connectivity index (χ4n) is 1.28. The normalized spacial score (nSPS) is 10.8. The highest BCUT2D eigenvalue weighted by molar-refractivity contribution is 9.10. The minimum atomic E-state index is 0.319. The van der Waals surface area contributed by atoms with Crippen molar-refractivity contribution in [2.45, 2.75) is 13.8 Å². The van der Waals surface area contributed by atoms with Gasteiger partial charge in [0, 0.05) is 12.6 Å². The maximum Gasteiger partial charge on any atom is 0.319 e. The molecule has 90 valence electrons. The second-order valence-corrected chi connectivity index (χ2v) is 4.09. The smallest absolute Gasteiger partial charge is 0.319 e. The highest BCUT2D eigenvalue weighted by Gasteiger charge is 2.03. The van der Waals surface area contributed by atoms with Crippen molar-refractivity contribution < 1.29 is 4.74 Å². The van der Waals surface area contributed by atoms with Crippen molar-refractivity contribution in [1.29, 1.82) is 0 Å². The summed E-state index contributed by atoms with van der Waals surface area (Å²) in [4.78, 5) is 10.3. The lowest BCUT2D eigenvalue weighted by Crippen LogP contribution is -2.28. The van der Waals surface area contributed by atoms with E-state index in [1.807, 2.05) is 0 Å². The molecule has 0 aliphatic carbocycles. The molecule has 0 aliphatic heterocycles. The van der Waals surface area contributed by atoms with Gasteiger partial charge in [0.15, 0.2) is 0 Å². The first kappa shape index (κ1) is 13.2. The average molecular weight is 289 g/mol. The number of halogens is 1. The molecule has 0 atom stereocenters. The van der Waals surface area contributed by atoms with Crippen LogP contribution in [-0.4, -0.2) is 41.1 Å². The second-order valence-electron chi connectivity index (χ2n) is 3.27. The Morgan fingerprint density at radius 3 is 2.62 bits per heavy atom. The third kappa shape index (κ3) is 4.32. The Morgan fingerprint density at radius 2 is 2.06 bits per heavy atom. The predicted molar refractivity (Wildman–Crippen MR) is 67.4 cm³/mol. The third-order valence-electron chi connectivity index (χ3n) is 2.23. The highest BCUT2D eigenvalue weighted by atomic mass is 79.9. The summed E-state index contributed by atoms with van der Waals surface area (Å²) in [6, 6.07) is 1.95. The van der Waals surface area contributed by atoms with Gasteiger partial charge in [0.2, 0.25) is 0 Å². The van der Waals surface area contributed by atoms with Crippen LogP contribution in [0.3, 0.4) is 0 Å². The number of aromatic nitrogens is 2. The van der Waals surface area contributed by atoms with Gasteiger partial charge in [-0.25, -0.2) is 0 Å². The van der Waals surface area contributed by atoms with Gasteiger partial charge in [-0.3, -0.25) is 0 Å². The predicted octanol–water partition coefficient (Wildman–Crippen LogP) is 1.54. The Kier molecular flexibility index (Phi) is 5.48.